The topological polar surface area (TPSA) is 64.0 Å². The summed E-state index contributed by atoms with van der Waals surface area (Å²) >= 11 is 1.55. The summed E-state index contributed by atoms with van der Waals surface area (Å²) in [5, 5.41) is 1.07. The summed E-state index contributed by atoms with van der Waals surface area (Å²) < 4.78 is 10.5. The fraction of sp³-hybridized carbons (Fsp3) is 0.625. The lowest BCUT2D eigenvalue weighted by Crippen LogP contribution is -2.38. The van der Waals surface area contributed by atoms with Crippen LogP contribution in [0.15, 0.2) is 18.6 Å². The Morgan fingerprint density at radius 2 is 1.91 bits per heavy atom. The maximum atomic E-state index is 5.89. The zero-order valence-corrected chi connectivity index (χ0v) is 13.9. The molecule has 1 saturated carbocycles. The van der Waals surface area contributed by atoms with Gasteiger partial charge in [0, 0.05) is 55.8 Å². The number of anilines is 1. The van der Waals surface area contributed by atoms with Gasteiger partial charge in [0.05, 0.1) is 6.20 Å². The number of hydrogen-bond donors (Lipinski definition) is 0. The summed E-state index contributed by atoms with van der Waals surface area (Å²) in [6.45, 7) is 1.93. The number of ether oxygens (including phenoxy) is 1. The number of hydrogen-bond acceptors (Lipinski definition) is 7. The zero-order valence-electron chi connectivity index (χ0n) is 13.1. The molecule has 2 fully saturated rings. The van der Waals surface area contributed by atoms with Gasteiger partial charge in [0.25, 0.3) is 0 Å². The van der Waals surface area contributed by atoms with Crippen LogP contribution in [0.5, 0.6) is 5.88 Å². The Morgan fingerprint density at radius 3 is 2.65 bits per heavy atom. The van der Waals surface area contributed by atoms with Crippen LogP contribution in [0.1, 0.15) is 50.3 Å². The Kier molecular flexibility index (Phi) is 4.37. The van der Waals surface area contributed by atoms with E-state index in [0.29, 0.717) is 11.8 Å². The molecule has 7 heteroatoms. The molecular formula is C16H21N5OS. The molecular weight excluding hydrogens is 310 g/mol. The summed E-state index contributed by atoms with van der Waals surface area (Å²) in [5.41, 5.74) is 0. The van der Waals surface area contributed by atoms with Gasteiger partial charge >= 0.3 is 0 Å². The van der Waals surface area contributed by atoms with E-state index in [9.17, 15) is 0 Å². The Balaban J connectivity index is 1.32. The fourth-order valence-electron chi connectivity index (χ4n) is 3.39. The van der Waals surface area contributed by atoms with Crippen molar-refractivity contribution in [3.8, 4) is 5.88 Å². The Hall–Kier alpha value is -1.76. The van der Waals surface area contributed by atoms with E-state index in [1.165, 1.54) is 25.7 Å². The Bertz CT molecular complexity index is 620. The van der Waals surface area contributed by atoms with Crippen LogP contribution >= 0.6 is 11.5 Å². The van der Waals surface area contributed by atoms with E-state index in [1.807, 2.05) is 0 Å². The summed E-state index contributed by atoms with van der Waals surface area (Å²) in [6.07, 6.45) is 12.3. The minimum absolute atomic E-state index is 0.213. The predicted octanol–water partition coefficient (Wildman–Crippen LogP) is 3.03. The van der Waals surface area contributed by atoms with Crippen molar-refractivity contribution < 1.29 is 4.74 Å². The second kappa shape index (κ2) is 6.78. The molecule has 1 aliphatic heterocycles. The second-order valence-electron chi connectivity index (χ2n) is 6.26. The fourth-order valence-corrected chi connectivity index (χ4v) is 4.18. The molecule has 0 N–H and O–H groups in total. The highest BCUT2D eigenvalue weighted by Crippen LogP contribution is 2.34. The van der Waals surface area contributed by atoms with Gasteiger partial charge in [0.15, 0.2) is 0 Å². The zero-order chi connectivity index (χ0) is 15.5. The lowest BCUT2D eigenvalue weighted by molar-refractivity contribution is 0.163. The molecule has 3 heterocycles. The third kappa shape index (κ3) is 3.44. The van der Waals surface area contributed by atoms with Crippen LogP contribution in [-0.2, 0) is 0 Å². The molecule has 2 aliphatic rings. The smallest absolute Gasteiger partial charge is 0.232 e. The molecule has 0 aromatic carbocycles. The summed E-state index contributed by atoms with van der Waals surface area (Å²) in [5.74, 6) is 2.28. The van der Waals surface area contributed by atoms with Gasteiger partial charge in [-0.3, -0.25) is 4.98 Å². The van der Waals surface area contributed by atoms with Crippen LogP contribution < -0.4 is 9.64 Å². The summed E-state index contributed by atoms with van der Waals surface area (Å²) in [4.78, 5) is 15.4. The Morgan fingerprint density at radius 1 is 1.09 bits per heavy atom. The molecule has 122 valence electrons. The van der Waals surface area contributed by atoms with Crippen molar-refractivity contribution in [2.75, 3.05) is 18.0 Å². The van der Waals surface area contributed by atoms with Crippen molar-refractivity contribution in [2.45, 2.75) is 50.5 Å². The lowest BCUT2D eigenvalue weighted by Gasteiger charge is -2.31. The van der Waals surface area contributed by atoms with E-state index in [4.69, 9.17) is 9.72 Å². The van der Waals surface area contributed by atoms with Crippen LogP contribution in [0, 0.1) is 0 Å². The van der Waals surface area contributed by atoms with Crippen molar-refractivity contribution in [1.29, 1.82) is 0 Å². The molecule has 6 nitrogen and oxygen atoms in total. The monoisotopic (exact) mass is 331 g/mol. The van der Waals surface area contributed by atoms with E-state index in [1.54, 1.807) is 30.1 Å². The first-order chi connectivity index (χ1) is 11.4. The predicted molar refractivity (Wildman–Crippen MR) is 89.0 cm³/mol. The van der Waals surface area contributed by atoms with Crippen molar-refractivity contribution in [1.82, 2.24) is 19.3 Å². The van der Waals surface area contributed by atoms with Crippen LogP contribution in [0.3, 0.4) is 0 Å². The Labute approximate surface area is 140 Å². The van der Waals surface area contributed by atoms with Crippen molar-refractivity contribution in [3.05, 3.63) is 24.4 Å². The quantitative estimate of drug-likeness (QED) is 0.858. The molecule has 4 rings (SSSR count). The molecule has 1 saturated heterocycles. The number of rotatable bonds is 4. The maximum absolute atomic E-state index is 5.89. The van der Waals surface area contributed by atoms with Gasteiger partial charge in [-0.15, -0.1) is 0 Å². The highest BCUT2D eigenvalue weighted by molar-refractivity contribution is 7.09. The van der Waals surface area contributed by atoms with Gasteiger partial charge in [-0.25, -0.2) is 9.97 Å². The van der Waals surface area contributed by atoms with Gasteiger partial charge in [-0.1, -0.05) is 12.8 Å². The first-order valence-corrected chi connectivity index (χ1v) is 9.17. The minimum Gasteiger partial charge on any atom is -0.473 e. The van der Waals surface area contributed by atoms with E-state index < -0.39 is 0 Å². The average Bonchev–Trinajstić information content (AvgIpc) is 3.28. The maximum Gasteiger partial charge on any atom is 0.232 e. The standard InChI is InChI=1S/C16H21N5OS/c1-2-4-12(3-1)15-19-16(23-20-15)21-9-5-13(6-10-21)22-14-11-17-7-8-18-14/h7-8,11-13H,1-6,9-10H2. The SMILES string of the molecule is c1cnc(OC2CCN(c3nc(C4CCCC4)ns3)CC2)cn1. The van der Waals surface area contributed by atoms with Gasteiger partial charge < -0.3 is 9.64 Å². The number of aromatic nitrogens is 4. The first kappa shape index (κ1) is 14.8. The third-order valence-corrected chi connectivity index (χ3v) is 5.48. The van der Waals surface area contributed by atoms with Crippen LogP contribution in [-0.4, -0.2) is 38.5 Å². The first-order valence-electron chi connectivity index (χ1n) is 8.40. The highest BCUT2D eigenvalue weighted by Gasteiger charge is 2.26. The van der Waals surface area contributed by atoms with Crippen molar-refractivity contribution in [3.63, 3.8) is 0 Å². The molecule has 2 aromatic heterocycles. The van der Waals surface area contributed by atoms with Crippen LogP contribution in [0.2, 0.25) is 0 Å². The highest BCUT2D eigenvalue weighted by atomic mass is 32.1. The molecule has 0 radical (unpaired) electrons. The minimum atomic E-state index is 0.213. The molecule has 0 atom stereocenters. The van der Waals surface area contributed by atoms with Gasteiger partial charge in [0.2, 0.25) is 11.0 Å². The molecule has 23 heavy (non-hydrogen) atoms. The largest absolute Gasteiger partial charge is 0.473 e. The molecule has 0 bridgehead atoms. The van der Waals surface area contributed by atoms with Gasteiger partial charge in [-0.05, 0) is 12.8 Å². The third-order valence-electron chi connectivity index (χ3n) is 4.69. The molecule has 2 aromatic rings. The van der Waals surface area contributed by atoms with Gasteiger partial charge in [0.1, 0.15) is 11.9 Å². The average molecular weight is 331 g/mol. The molecule has 1 aliphatic carbocycles. The van der Waals surface area contributed by atoms with E-state index in [0.717, 1.165) is 36.9 Å². The van der Waals surface area contributed by atoms with Crippen LogP contribution in [0.4, 0.5) is 5.13 Å². The molecule has 0 amide bonds. The number of piperidine rings is 1. The summed E-state index contributed by atoms with van der Waals surface area (Å²) in [7, 11) is 0. The molecule has 0 spiro atoms. The van der Waals surface area contributed by atoms with E-state index in [-0.39, 0.29) is 6.10 Å². The van der Waals surface area contributed by atoms with Crippen molar-refractivity contribution >= 4 is 16.7 Å². The van der Waals surface area contributed by atoms with E-state index in [2.05, 4.69) is 19.2 Å². The lowest BCUT2D eigenvalue weighted by atomic mass is 10.1. The molecule has 0 unspecified atom stereocenters. The van der Waals surface area contributed by atoms with E-state index >= 15 is 0 Å². The summed E-state index contributed by atoms with van der Waals surface area (Å²) in [6, 6.07) is 0. The van der Waals surface area contributed by atoms with Crippen LogP contribution in [0.25, 0.3) is 0 Å². The normalized spacial score (nSPS) is 20.1. The number of nitrogens with zero attached hydrogens (tertiary/aromatic N) is 5. The van der Waals surface area contributed by atoms with Crippen molar-refractivity contribution in [2.24, 2.45) is 0 Å². The second-order valence-corrected chi connectivity index (χ2v) is 6.99. The van der Waals surface area contributed by atoms with Gasteiger partial charge in [-0.2, -0.15) is 4.37 Å².